The van der Waals surface area contributed by atoms with Crippen LogP contribution in [0.25, 0.3) is 0 Å². The average Bonchev–Trinajstić information content (AvgIpc) is 3.44. The molecule has 2 saturated carbocycles. The van der Waals surface area contributed by atoms with Crippen molar-refractivity contribution in [1.29, 1.82) is 0 Å². The van der Waals surface area contributed by atoms with Crippen LogP contribution in [0.5, 0.6) is 0 Å². The lowest BCUT2D eigenvalue weighted by atomic mass is 9.80. The molecular formula is C25H21BrCl2N2O5. The number of benzene rings is 2. The summed E-state index contributed by atoms with van der Waals surface area (Å²) in [6.07, 6.45) is 0.678. The predicted octanol–water partition coefficient (Wildman–Crippen LogP) is 4.52. The molecule has 5 rings (SSSR count). The first-order valence-electron chi connectivity index (χ1n) is 11.2. The van der Waals surface area contributed by atoms with Crippen LogP contribution in [0.15, 0.2) is 46.9 Å². The van der Waals surface area contributed by atoms with Gasteiger partial charge in [0.15, 0.2) is 6.61 Å². The van der Waals surface area contributed by atoms with E-state index in [1.54, 1.807) is 24.3 Å². The molecule has 2 bridgehead atoms. The summed E-state index contributed by atoms with van der Waals surface area (Å²) in [7, 11) is 0. The van der Waals surface area contributed by atoms with Gasteiger partial charge >= 0.3 is 5.97 Å². The number of hydrogen-bond acceptors (Lipinski definition) is 5. The van der Waals surface area contributed by atoms with Gasteiger partial charge in [0, 0.05) is 10.2 Å². The zero-order valence-corrected chi connectivity index (χ0v) is 21.6. The molecule has 3 fully saturated rings. The summed E-state index contributed by atoms with van der Waals surface area (Å²) in [5.74, 6) is -3.06. The standard InChI is InChI=1S/C25H21BrCl2N2O5/c1-11-7-13(5-6-17(11)26)29-18(31)10-35-25(34)12-3-2-4-14(8-12)30-23(32)19-15-9-16(20(19)24(30)33)22(28)21(15)27/h2-8,15-16,19-22H,9-10H2,1H3,(H,29,31)/t15-,16-,19-,20+,21-,22+/m1/s1. The smallest absolute Gasteiger partial charge is 0.338 e. The van der Waals surface area contributed by atoms with Gasteiger partial charge < -0.3 is 10.1 Å². The molecule has 10 heteroatoms. The normalized spacial score (nSPS) is 28.9. The second-order valence-electron chi connectivity index (χ2n) is 9.15. The van der Waals surface area contributed by atoms with Crippen LogP contribution in [0.4, 0.5) is 11.4 Å². The Balaban J connectivity index is 1.26. The van der Waals surface area contributed by atoms with E-state index >= 15 is 0 Å². The van der Waals surface area contributed by atoms with Crippen molar-refractivity contribution in [3.63, 3.8) is 0 Å². The summed E-state index contributed by atoms with van der Waals surface area (Å²) in [5, 5.41) is 1.99. The topological polar surface area (TPSA) is 92.8 Å². The van der Waals surface area contributed by atoms with Gasteiger partial charge in [0.05, 0.1) is 33.8 Å². The summed E-state index contributed by atoms with van der Waals surface area (Å²) in [4.78, 5) is 52.3. The van der Waals surface area contributed by atoms with Crippen LogP contribution < -0.4 is 10.2 Å². The van der Waals surface area contributed by atoms with E-state index in [0.717, 1.165) is 14.9 Å². The molecule has 0 spiro atoms. The fourth-order valence-electron chi connectivity index (χ4n) is 5.51. The van der Waals surface area contributed by atoms with Crippen molar-refractivity contribution >= 4 is 74.2 Å². The number of hydrogen-bond donors (Lipinski definition) is 1. The Hall–Kier alpha value is -2.42. The van der Waals surface area contributed by atoms with Gasteiger partial charge in [-0.15, -0.1) is 23.2 Å². The van der Waals surface area contributed by atoms with Gasteiger partial charge in [-0.3, -0.25) is 19.3 Å². The molecule has 2 aliphatic carbocycles. The number of halogens is 3. The molecule has 2 aromatic carbocycles. The summed E-state index contributed by atoms with van der Waals surface area (Å²) in [6.45, 7) is 1.41. The Morgan fingerprint density at radius 1 is 1.06 bits per heavy atom. The molecule has 182 valence electrons. The minimum atomic E-state index is -0.741. The fourth-order valence-corrected chi connectivity index (χ4v) is 6.65. The lowest BCUT2D eigenvalue weighted by Crippen LogP contribution is -2.37. The summed E-state index contributed by atoms with van der Waals surface area (Å²) in [5.41, 5.74) is 1.94. The summed E-state index contributed by atoms with van der Waals surface area (Å²) < 4.78 is 6.07. The number of amides is 3. The number of rotatable bonds is 5. The van der Waals surface area contributed by atoms with Gasteiger partial charge in [0.1, 0.15) is 0 Å². The number of esters is 1. The number of alkyl halides is 2. The first kappa shape index (κ1) is 24.3. The molecule has 1 heterocycles. The highest BCUT2D eigenvalue weighted by Gasteiger charge is 2.66. The number of nitrogens with zero attached hydrogens (tertiary/aromatic N) is 1. The highest BCUT2D eigenvalue weighted by molar-refractivity contribution is 9.10. The Bertz CT molecular complexity index is 1220. The van der Waals surface area contributed by atoms with E-state index in [9.17, 15) is 19.2 Å². The maximum Gasteiger partial charge on any atom is 0.338 e. The fraction of sp³-hybridized carbons (Fsp3) is 0.360. The van der Waals surface area contributed by atoms with Gasteiger partial charge in [-0.2, -0.15) is 0 Å². The van der Waals surface area contributed by atoms with Gasteiger partial charge in [0.2, 0.25) is 11.8 Å². The van der Waals surface area contributed by atoms with Crippen molar-refractivity contribution in [3.05, 3.63) is 58.1 Å². The van der Waals surface area contributed by atoms with Crippen molar-refractivity contribution in [1.82, 2.24) is 0 Å². The third-order valence-corrected chi connectivity index (χ3v) is 9.31. The monoisotopic (exact) mass is 578 g/mol. The molecule has 1 saturated heterocycles. The number of nitrogens with one attached hydrogen (secondary N) is 1. The molecule has 1 aliphatic heterocycles. The molecule has 0 radical (unpaired) electrons. The molecule has 3 aliphatic rings. The third kappa shape index (κ3) is 4.15. The molecular weight excluding hydrogens is 559 g/mol. The zero-order valence-electron chi connectivity index (χ0n) is 18.5. The number of ether oxygens (including phenoxy) is 1. The number of fused-ring (bicyclic) bond motifs is 5. The first-order chi connectivity index (χ1) is 16.7. The largest absolute Gasteiger partial charge is 0.452 e. The predicted molar refractivity (Wildman–Crippen MR) is 135 cm³/mol. The minimum absolute atomic E-state index is 0.126. The summed E-state index contributed by atoms with van der Waals surface area (Å²) in [6, 6.07) is 11.4. The number of carbonyl (C=O) groups excluding carboxylic acids is 4. The average molecular weight is 580 g/mol. The zero-order chi connectivity index (χ0) is 25.0. The van der Waals surface area contributed by atoms with E-state index in [2.05, 4.69) is 21.2 Å². The van der Waals surface area contributed by atoms with Crippen LogP contribution >= 0.6 is 39.1 Å². The second-order valence-corrected chi connectivity index (χ2v) is 11.0. The van der Waals surface area contributed by atoms with Crippen molar-refractivity contribution in [2.75, 3.05) is 16.8 Å². The molecule has 0 unspecified atom stereocenters. The van der Waals surface area contributed by atoms with E-state index in [1.807, 2.05) is 13.0 Å². The highest BCUT2D eigenvalue weighted by atomic mass is 79.9. The summed E-state index contributed by atoms with van der Waals surface area (Å²) >= 11 is 16.2. The lowest BCUT2D eigenvalue weighted by molar-refractivity contribution is -0.123. The van der Waals surface area contributed by atoms with Gasteiger partial charge in [-0.05, 0) is 67.1 Å². The number of carbonyl (C=O) groups is 4. The SMILES string of the molecule is Cc1cc(NC(=O)COC(=O)c2cccc(N3C(=O)[C@@H]4[C@H]5C[C@@H]([C@H](Cl)[C@@H]5Cl)[C@@H]4C3=O)c2)ccc1Br. The molecule has 35 heavy (non-hydrogen) atoms. The number of anilines is 2. The van der Waals surface area contributed by atoms with Gasteiger partial charge in [-0.1, -0.05) is 22.0 Å². The van der Waals surface area contributed by atoms with E-state index in [1.165, 1.54) is 12.1 Å². The van der Waals surface area contributed by atoms with Crippen LogP contribution in [0.3, 0.4) is 0 Å². The Morgan fingerprint density at radius 3 is 2.34 bits per heavy atom. The molecule has 7 nitrogen and oxygen atoms in total. The minimum Gasteiger partial charge on any atom is -0.452 e. The van der Waals surface area contributed by atoms with E-state index in [0.29, 0.717) is 12.1 Å². The Labute approximate surface area is 220 Å². The first-order valence-corrected chi connectivity index (χ1v) is 12.8. The van der Waals surface area contributed by atoms with E-state index in [-0.39, 0.29) is 45.7 Å². The maximum absolute atomic E-state index is 13.2. The molecule has 0 aromatic heterocycles. The number of imide groups is 1. The second kappa shape index (κ2) is 9.22. The molecule has 3 amide bonds. The Kier molecular flexibility index (Phi) is 6.40. The van der Waals surface area contributed by atoms with Crippen molar-refractivity contribution in [2.24, 2.45) is 23.7 Å². The Morgan fingerprint density at radius 2 is 1.71 bits per heavy atom. The highest BCUT2D eigenvalue weighted by Crippen LogP contribution is 2.59. The van der Waals surface area contributed by atoms with Gasteiger partial charge in [0.25, 0.3) is 5.91 Å². The molecule has 2 aromatic rings. The quantitative estimate of drug-likeness (QED) is 0.319. The lowest BCUT2D eigenvalue weighted by Gasteiger charge is -2.28. The van der Waals surface area contributed by atoms with Crippen LogP contribution in [-0.2, 0) is 19.1 Å². The van der Waals surface area contributed by atoms with Crippen LogP contribution in [0.2, 0.25) is 0 Å². The molecule has 6 atom stereocenters. The maximum atomic E-state index is 13.2. The van der Waals surface area contributed by atoms with Crippen molar-refractivity contribution < 1.29 is 23.9 Å². The van der Waals surface area contributed by atoms with Gasteiger partial charge in [-0.25, -0.2) is 4.79 Å². The van der Waals surface area contributed by atoms with Crippen molar-refractivity contribution in [2.45, 2.75) is 24.1 Å². The van der Waals surface area contributed by atoms with E-state index < -0.39 is 30.3 Å². The third-order valence-electron chi connectivity index (χ3n) is 7.10. The van der Waals surface area contributed by atoms with Crippen LogP contribution in [0.1, 0.15) is 22.3 Å². The van der Waals surface area contributed by atoms with Crippen LogP contribution in [0, 0.1) is 30.6 Å². The number of aryl methyl sites for hydroxylation is 1. The molecule has 1 N–H and O–H groups in total. The van der Waals surface area contributed by atoms with Crippen LogP contribution in [-0.4, -0.2) is 41.1 Å². The van der Waals surface area contributed by atoms with E-state index in [4.69, 9.17) is 27.9 Å². The van der Waals surface area contributed by atoms with Crippen molar-refractivity contribution in [3.8, 4) is 0 Å².